The van der Waals surface area contributed by atoms with Crippen molar-refractivity contribution in [1.82, 2.24) is 24.3 Å². The summed E-state index contributed by atoms with van der Waals surface area (Å²) >= 11 is 0. The summed E-state index contributed by atoms with van der Waals surface area (Å²) in [6.07, 6.45) is 12.1. The third kappa shape index (κ3) is 1.67. The van der Waals surface area contributed by atoms with Crippen molar-refractivity contribution in [3.8, 4) is 11.1 Å². The molecule has 5 nitrogen and oxygen atoms in total. The predicted octanol–water partition coefficient (Wildman–Crippen LogP) is 3.15. The molecule has 1 aliphatic rings. The molecule has 4 aromatic rings. The third-order valence-corrected chi connectivity index (χ3v) is 4.11. The first kappa shape index (κ1) is 11.0. The lowest BCUT2D eigenvalue weighted by Crippen LogP contribution is -1.89. The topological polar surface area (TPSA) is 58.9 Å². The average molecular weight is 275 g/mol. The lowest BCUT2D eigenvalue weighted by molar-refractivity contribution is 1.04. The molecule has 5 rings (SSSR count). The van der Waals surface area contributed by atoms with Crippen LogP contribution in [0.25, 0.3) is 27.9 Å². The summed E-state index contributed by atoms with van der Waals surface area (Å²) in [6.45, 7) is 0. The summed E-state index contributed by atoms with van der Waals surface area (Å²) < 4.78 is 1.93. The summed E-state index contributed by atoms with van der Waals surface area (Å²) in [5.74, 6) is 1.39. The molecule has 1 saturated carbocycles. The molecule has 0 saturated heterocycles. The van der Waals surface area contributed by atoms with Crippen molar-refractivity contribution < 1.29 is 0 Å². The van der Waals surface area contributed by atoms with Gasteiger partial charge in [0.15, 0.2) is 0 Å². The second-order valence-electron chi connectivity index (χ2n) is 5.59. The zero-order valence-corrected chi connectivity index (χ0v) is 11.3. The van der Waals surface area contributed by atoms with E-state index in [-0.39, 0.29) is 0 Å². The molecular formula is C16H13N5. The highest BCUT2D eigenvalue weighted by Gasteiger charge is 2.25. The van der Waals surface area contributed by atoms with Gasteiger partial charge in [-0.1, -0.05) is 0 Å². The monoisotopic (exact) mass is 275 g/mol. The fourth-order valence-corrected chi connectivity index (χ4v) is 2.82. The quantitative estimate of drug-likeness (QED) is 0.611. The maximum atomic E-state index is 4.74. The first-order valence-corrected chi connectivity index (χ1v) is 7.15. The van der Waals surface area contributed by atoms with Gasteiger partial charge in [0, 0.05) is 59.1 Å². The van der Waals surface area contributed by atoms with Gasteiger partial charge in [-0.15, -0.1) is 0 Å². The van der Waals surface area contributed by atoms with Gasteiger partial charge < -0.3 is 4.98 Å². The van der Waals surface area contributed by atoms with Crippen molar-refractivity contribution in [1.29, 1.82) is 0 Å². The zero-order chi connectivity index (χ0) is 13.8. The molecule has 5 heteroatoms. The standard InChI is InChI=1S/C16H13N5/c1-2-10(1)14-4-3-12-13(8-18-15(12)20-14)11-7-19-16-17-5-6-21(16)9-11/h3-10H,1-2H2,(H,18,20). The van der Waals surface area contributed by atoms with Gasteiger partial charge in [-0.2, -0.15) is 0 Å². The predicted molar refractivity (Wildman–Crippen MR) is 80.0 cm³/mol. The lowest BCUT2D eigenvalue weighted by Gasteiger charge is -2.01. The van der Waals surface area contributed by atoms with E-state index >= 15 is 0 Å². The van der Waals surface area contributed by atoms with E-state index in [4.69, 9.17) is 4.98 Å². The van der Waals surface area contributed by atoms with E-state index in [2.05, 4.69) is 27.1 Å². The summed E-state index contributed by atoms with van der Waals surface area (Å²) in [5.41, 5.74) is 4.36. The Morgan fingerprint density at radius 1 is 1.19 bits per heavy atom. The maximum Gasteiger partial charge on any atom is 0.233 e. The van der Waals surface area contributed by atoms with E-state index in [1.807, 2.05) is 29.2 Å². The smallest absolute Gasteiger partial charge is 0.233 e. The van der Waals surface area contributed by atoms with Gasteiger partial charge in [-0.05, 0) is 25.0 Å². The second-order valence-corrected chi connectivity index (χ2v) is 5.59. The van der Waals surface area contributed by atoms with E-state index in [1.54, 1.807) is 6.20 Å². The molecule has 0 radical (unpaired) electrons. The number of fused-ring (bicyclic) bond motifs is 2. The molecule has 4 heterocycles. The molecule has 0 atom stereocenters. The van der Waals surface area contributed by atoms with E-state index in [0.29, 0.717) is 11.7 Å². The molecule has 1 aliphatic carbocycles. The Kier molecular flexibility index (Phi) is 2.05. The highest BCUT2D eigenvalue weighted by Crippen LogP contribution is 2.40. The van der Waals surface area contributed by atoms with Gasteiger partial charge in [0.1, 0.15) is 5.65 Å². The summed E-state index contributed by atoms with van der Waals surface area (Å²) in [5, 5.41) is 1.14. The van der Waals surface area contributed by atoms with Crippen molar-refractivity contribution >= 4 is 16.8 Å². The molecule has 1 fully saturated rings. The van der Waals surface area contributed by atoms with Crippen molar-refractivity contribution in [3.05, 3.63) is 48.8 Å². The maximum absolute atomic E-state index is 4.74. The molecule has 0 unspecified atom stereocenters. The number of nitrogens with zero attached hydrogens (tertiary/aromatic N) is 4. The molecule has 0 bridgehead atoms. The van der Waals surface area contributed by atoms with Crippen molar-refractivity contribution in [2.45, 2.75) is 18.8 Å². The van der Waals surface area contributed by atoms with Gasteiger partial charge >= 0.3 is 0 Å². The number of aromatic nitrogens is 5. The zero-order valence-electron chi connectivity index (χ0n) is 11.3. The number of pyridine rings is 1. The van der Waals surface area contributed by atoms with Crippen LogP contribution in [0.5, 0.6) is 0 Å². The van der Waals surface area contributed by atoms with Gasteiger partial charge in [0.25, 0.3) is 0 Å². The Hall–Kier alpha value is -2.69. The Morgan fingerprint density at radius 2 is 2.14 bits per heavy atom. The van der Waals surface area contributed by atoms with E-state index in [9.17, 15) is 0 Å². The average Bonchev–Trinajstić information content (AvgIpc) is 3.11. The molecule has 0 spiro atoms. The highest BCUT2D eigenvalue weighted by molar-refractivity contribution is 5.93. The van der Waals surface area contributed by atoms with Crippen LogP contribution < -0.4 is 0 Å². The van der Waals surface area contributed by atoms with Gasteiger partial charge in [-0.3, -0.25) is 4.40 Å². The molecule has 0 amide bonds. The summed E-state index contributed by atoms with van der Waals surface area (Å²) in [6, 6.07) is 4.32. The van der Waals surface area contributed by atoms with Crippen LogP contribution in [0.1, 0.15) is 24.5 Å². The number of hydrogen-bond donors (Lipinski definition) is 1. The third-order valence-electron chi connectivity index (χ3n) is 4.11. The van der Waals surface area contributed by atoms with Crippen LogP contribution in [0.4, 0.5) is 0 Å². The van der Waals surface area contributed by atoms with E-state index < -0.39 is 0 Å². The van der Waals surface area contributed by atoms with Gasteiger partial charge in [0.2, 0.25) is 5.78 Å². The molecule has 1 N–H and O–H groups in total. The molecule has 0 aromatic carbocycles. The summed E-state index contributed by atoms with van der Waals surface area (Å²) in [7, 11) is 0. The Morgan fingerprint density at radius 3 is 3.05 bits per heavy atom. The van der Waals surface area contributed by atoms with Crippen molar-refractivity contribution in [2.75, 3.05) is 0 Å². The van der Waals surface area contributed by atoms with Crippen LogP contribution in [0.2, 0.25) is 0 Å². The van der Waals surface area contributed by atoms with Crippen LogP contribution in [0.3, 0.4) is 0 Å². The minimum atomic E-state index is 0.671. The van der Waals surface area contributed by atoms with Crippen LogP contribution in [0, 0.1) is 0 Å². The Labute approximate surface area is 120 Å². The molecule has 0 aliphatic heterocycles. The minimum Gasteiger partial charge on any atom is -0.346 e. The number of hydrogen-bond acceptors (Lipinski definition) is 3. The minimum absolute atomic E-state index is 0.671. The normalized spacial score (nSPS) is 15.0. The largest absolute Gasteiger partial charge is 0.346 e. The number of nitrogens with one attached hydrogen (secondary N) is 1. The molecule has 21 heavy (non-hydrogen) atoms. The number of H-pyrrole nitrogens is 1. The number of rotatable bonds is 2. The van der Waals surface area contributed by atoms with Crippen LogP contribution in [-0.2, 0) is 0 Å². The van der Waals surface area contributed by atoms with Crippen LogP contribution >= 0.6 is 0 Å². The Balaban J connectivity index is 1.68. The lowest BCUT2D eigenvalue weighted by atomic mass is 10.1. The van der Waals surface area contributed by atoms with Gasteiger partial charge in [0.05, 0.1) is 0 Å². The Bertz CT molecular complexity index is 961. The number of imidazole rings is 1. The first-order valence-electron chi connectivity index (χ1n) is 7.15. The first-order chi connectivity index (χ1) is 10.4. The fraction of sp³-hybridized carbons (Fsp3) is 0.188. The molecule has 4 aromatic heterocycles. The van der Waals surface area contributed by atoms with Crippen LogP contribution in [0.15, 0.2) is 43.1 Å². The van der Waals surface area contributed by atoms with Crippen molar-refractivity contribution in [2.24, 2.45) is 0 Å². The van der Waals surface area contributed by atoms with Crippen molar-refractivity contribution in [3.63, 3.8) is 0 Å². The second kappa shape index (κ2) is 3.91. The SMILES string of the molecule is c1cn2cc(-c3c[nH]c4nc(C5CC5)ccc34)cnc2n1. The highest BCUT2D eigenvalue weighted by atomic mass is 15.1. The summed E-state index contributed by atoms with van der Waals surface area (Å²) in [4.78, 5) is 16.6. The van der Waals surface area contributed by atoms with E-state index in [1.165, 1.54) is 18.5 Å². The van der Waals surface area contributed by atoms with E-state index in [0.717, 1.165) is 22.2 Å². The molecule has 102 valence electrons. The van der Waals surface area contributed by atoms with Gasteiger partial charge in [-0.25, -0.2) is 15.0 Å². The fourth-order valence-electron chi connectivity index (χ4n) is 2.82. The number of aromatic amines is 1. The van der Waals surface area contributed by atoms with Crippen LogP contribution in [-0.4, -0.2) is 24.3 Å². The molecular weight excluding hydrogens is 262 g/mol.